The van der Waals surface area contributed by atoms with E-state index in [-0.39, 0.29) is 4.90 Å². The summed E-state index contributed by atoms with van der Waals surface area (Å²) in [5.74, 6) is -1.49. The van der Waals surface area contributed by atoms with E-state index in [2.05, 4.69) is 0 Å². The highest BCUT2D eigenvalue weighted by molar-refractivity contribution is 7.92. The van der Waals surface area contributed by atoms with E-state index in [1.165, 1.54) is 12.1 Å². The highest BCUT2D eigenvalue weighted by Crippen LogP contribution is 2.22. The van der Waals surface area contributed by atoms with E-state index in [9.17, 15) is 23.1 Å². The first-order valence-corrected chi connectivity index (χ1v) is 7.39. The number of hydrogen-bond donors (Lipinski definition) is 1. The van der Waals surface area contributed by atoms with Crippen molar-refractivity contribution in [3.05, 3.63) is 42.0 Å². The number of aliphatic hydroxyl groups is 1. The quantitative estimate of drug-likeness (QED) is 0.790. The Bertz CT molecular complexity index is 657. The molecule has 1 aromatic carbocycles. The zero-order valence-corrected chi connectivity index (χ0v) is 11.5. The Labute approximate surface area is 116 Å². The molecular weight excluding hydrogens is 282 g/mol. The largest absolute Gasteiger partial charge is 0.393 e. The van der Waals surface area contributed by atoms with Crippen molar-refractivity contribution < 1.29 is 23.1 Å². The average molecular weight is 295 g/mol. The van der Waals surface area contributed by atoms with Crippen LogP contribution in [0.4, 0.5) is 0 Å². The summed E-state index contributed by atoms with van der Waals surface area (Å²) in [5, 5.41) is 7.71. The van der Waals surface area contributed by atoms with Crippen LogP contribution in [0.15, 0.2) is 41.3 Å². The highest BCUT2D eigenvalue weighted by atomic mass is 32.2. The molecule has 0 aliphatic carbocycles. The van der Waals surface area contributed by atoms with Gasteiger partial charge in [0, 0.05) is 12.2 Å². The Morgan fingerprint density at radius 3 is 2.05 bits per heavy atom. The summed E-state index contributed by atoms with van der Waals surface area (Å²) in [5.41, 5.74) is 0.875. The second-order valence-electron chi connectivity index (χ2n) is 4.38. The van der Waals surface area contributed by atoms with Gasteiger partial charge in [0.15, 0.2) is 5.37 Å². The number of imide groups is 1. The molecule has 1 aromatic rings. The number of rotatable bonds is 4. The fourth-order valence-electron chi connectivity index (χ4n) is 1.90. The minimum Gasteiger partial charge on any atom is -0.393 e. The molecule has 0 saturated heterocycles. The number of aryl methyl sites for hydroxylation is 1. The van der Waals surface area contributed by atoms with Gasteiger partial charge in [0.2, 0.25) is 9.84 Å². The number of amides is 2. The summed E-state index contributed by atoms with van der Waals surface area (Å²) in [6.07, 6.45) is 1.96. The van der Waals surface area contributed by atoms with Crippen molar-refractivity contribution in [2.24, 2.45) is 0 Å². The molecule has 2 amide bonds. The zero-order chi connectivity index (χ0) is 14.9. The molecule has 1 aliphatic rings. The fourth-order valence-corrected chi connectivity index (χ4v) is 3.41. The van der Waals surface area contributed by atoms with Gasteiger partial charge in [0.05, 0.1) is 11.5 Å². The van der Waals surface area contributed by atoms with Gasteiger partial charge in [-0.1, -0.05) is 17.7 Å². The lowest BCUT2D eigenvalue weighted by atomic mass is 10.2. The van der Waals surface area contributed by atoms with Gasteiger partial charge in [-0.2, -0.15) is 0 Å². The molecular formula is C13H13NO5S. The molecule has 1 N–H and O–H groups in total. The van der Waals surface area contributed by atoms with Crippen LogP contribution in [0.3, 0.4) is 0 Å². The molecule has 2 rings (SSSR count). The minimum absolute atomic E-state index is 0.0466. The molecule has 0 fully saturated rings. The van der Waals surface area contributed by atoms with Gasteiger partial charge < -0.3 is 5.11 Å². The summed E-state index contributed by atoms with van der Waals surface area (Å²) in [7, 11) is -4.02. The first-order valence-electron chi connectivity index (χ1n) is 5.84. The van der Waals surface area contributed by atoms with Crippen LogP contribution >= 0.6 is 0 Å². The van der Waals surface area contributed by atoms with Crippen LogP contribution in [0.25, 0.3) is 0 Å². The number of sulfone groups is 1. The molecule has 0 spiro atoms. The molecule has 6 nitrogen and oxygen atoms in total. The van der Waals surface area contributed by atoms with Gasteiger partial charge in [-0.3, -0.25) is 14.5 Å². The number of nitrogens with zero attached hydrogens (tertiary/aromatic N) is 1. The van der Waals surface area contributed by atoms with Crippen molar-refractivity contribution in [1.82, 2.24) is 4.90 Å². The Kier molecular flexibility index (Phi) is 3.74. The van der Waals surface area contributed by atoms with Crippen LogP contribution < -0.4 is 0 Å². The monoisotopic (exact) mass is 295 g/mol. The molecule has 0 bridgehead atoms. The molecule has 1 atom stereocenters. The molecule has 1 heterocycles. The van der Waals surface area contributed by atoms with Crippen molar-refractivity contribution in [1.29, 1.82) is 0 Å². The lowest BCUT2D eigenvalue weighted by molar-refractivity contribution is -0.138. The van der Waals surface area contributed by atoms with E-state index in [0.717, 1.165) is 17.7 Å². The average Bonchev–Trinajstić information content (AvgIpc) is 2.72. The van der Waals surface area contributed by atoms with Crippen molar-refractivity contribution in [2.45, 2.75) is 17.2 Å². The summed E-state index contributed by atoms with van der Waals surface area (Å²) in [6.45, 7) is 0.951. The van der Waals surface area contributed by atoms with Gasteiger partial charge >= 0.3 is 0 Å². The third-order valence-corrected chi connectivity index (χ3v) is 5.00. The maximum Gasteiger partial charge on any atom is 0.254 e. The Balaban J connectivity index is 2.43. The Morgan fingerprint density at radius 1 is 1.10 bits per heavy atom. The Hall–Kier alpha value is -1.99. The normalized spacial score (nSPS) is 16.8. The van der Waals surface area contributed by atoms with Crippen molar-refractivity contribution >= 4 is 21.7 Å². The second kappa shape index (κ2) is 5.18. The maximum absolute atomic E-state index is 12.4. The van der Waals surface area contributed by atoms with Crippen LogP contribution in [0, 0.1) is 6.92 Å². The van der Waals surface area contributed by atoms with Crippen LogP contribution in [-0.4, -0.2) is 42.2 Å². The van der Waals surface area contributed by atoms with Crippen LogP contribution in [0.1, 0.15) is 5.56 Å². The molecule has 1 unspecified atom stereocenters. The fraction of sp³-hybridized carbons (Fsp3) is 0.231. The zero-order valence-electron chi connectivity index (χ0n) is 10.7. The van der Waals surface area contributed by atoms with Crippen LogP contribution in [0.5, 0.6) is 0 Å². The smallest absolute Gasteiger partial charge is 0.254 e. The summed E-state index contributed by atoms with van der Waals surface area (Å²) < 4.78 is 24.8. The lowest BCUT2D eigenvalue weighted by Gasteiger charge is -2.24. The third kappa shape index (κ3) is 2.37. The predicted molar refractivity (Wildman–Crippen MR) is 70.2 cm³/mol. The SMILES string of the molecule is Cc1ccc(S(=O)(=O)C(CO)N2C(=O)C=CC2=O)cc1. The van der Waals surface area contributed by atoms with Crippen molar-refractivity contribution in [3.63, 3.8) is 0 Å². The summed E-state index contributed by atoms with van der Waals surface area (Å²) in [4.78, 5) is 23.6. The molecule has 20 heavy (non-hydrogen) atoms. The molecule has 0 aromatic heterocycles. The van der Waals surface area contributed by atoms with E-state index in [1.807, 2.05) is 0 Å². The predicted octanol–water partition coefficient (Wildman–Crippen LogP) is 0.0121. The van der Waals surface area contributed by atoms with Gasteiger partial charge in [0.1, 0.15) is 0 Å². The molecule has 1 aliphatic heterocycles. The lowest BCUT2D eigenvalue weighted by Crippen LogP contribution is -2.47. The van der Waals surface area contributed by atoms with E-state index >= 15 is 0 Å². The number of aliphatic hydroxyl groups excluding tert-OH is 1. The number of carbonyl (C=O) groups is 2. The van der Waals surface area contributed by atoms with Gasteiger partial charge in [-0.05, 0) is 19.1 Å². The number of benzene rings is 1. The molecule has 0 radical (unpaired) electrons. The van der Waals surface area contributed by atoms with E-state index < -0.39 is 33.6 Å². The third-order valence-electron chi connectivity index (χ3n) is 3.00. The minimum atomic E-state index is -4.02. The maximum atomic E-state index is 12.4. The van der Waals surface area contributed by atoms with Crippen molar-refractivity contribution in [2.75, 3.05) is 6.61 Å². The molecule has 0 saturated carbocycles. The Morgan fingerprint density at radius 2 is 1.60 bits per heavy atom. The summed E-state index contributed by atoms with van der Waals surface area (Å²) in [6, 6.07) is 5.97. The number of hydrogen-bond acceptors (Lipinski definition) is 5. The molecule has 106 valence electrons. The topological polar surface area (TPSA) is 91.8 Å². The highest BCUT2D eigenvalue weighted by Gasteiger charge is 2.39. The van der Waals surface area contributed by atoms with Crippen LogP contribution in [0.2, 0.25) is 0 Å². The van der Waals surface area contributed by atoms with E-state index in [0.29, 0.717) is 4.90 Å². The van der Waals surface area contributed by atoms with E-state index in [4.69, 9.17) is 0 Å². The number of carbonyl (C=O) groups excluding carboxylic acids is 2. The standard InChI is InChI=1S/C13H13NO5S/c1-9-2-4-10(5-3-9)20(18,19)13(8-15)14-11(16)6-7-12(14)17/h2-7,13,15H,8H2,1H3. The van der Waals surface area contributed by atoms with Crippen molar-refractivity contribution in [3.8, 4) is 0 Å². The second-order valence-corrected chi connectivity index (χ2v) is 6.48. The van der Waals surface area contributed by atoms with Gasteiger partial charge in [-0.25, -0.2) is 8.42 Å². The van der Waals surface area contributed by atoms with Gasteiger partial charge in [-0.15, -0.1) is 0 Å². The van der Waals surface area contributed by atoms with Crippen LogP contribution in [-0.2, 0) is 19.4 Å². The first kappa shape index (κ1) is 14.4. The molecule has 7 heteroatoms. The first-order chi connectivity index (χ1) is 9.37. The van der Waals surface area contributed by atoms with E-state index in [1.54, 1.807) is 19.1 Å². The summed E-state index contributed by atoms with van der Waals surface area (Å²) >= 11 is 0. The van der Waals surface area contributed by atoms with Gasteiger partial charge in [0.25, 0.3) is 11.8 Å².